The van der Waals surface area contributed by atoms with Gasteiger partial charge in [0.05, 0.1) is 11.6 Å². The van der Waals surface area contributed by atoms with E-state index in [1.807, 2.05) is 6.07 Å². The Morgan fingerprint density at radius 1 is 1.62 bits per heavy atom. The van der Waals surface area contributed by atoms with Crippen molar-refractivity contribution >= 4 is 0 Å². The summed E-state index contributed by atoms with van der Waals surface area (Å²) in [7, 11) is 0. The van der Waals surface area contributed by atoms with E-state index in [-0.39, 0.29) is 6.61 Å². The molecule has 0 fully saturated rings. The van der Waals surface area contributed by atoms with Crippen molar-refractivity contribution in [1.29, 1.82) is 5.26 Å². The fraction of sp³-hybridized carbons (Fsp3) is 0.200. The van der Waals surface area contributed by atoms with Gasteiger partial charge in [-0.1, -0.05) is 0 Å². The maximum atomic E-state index is 12.8. The average Bonchev–Trinajstić information content (AvgIpc) is 2.16. The number of aliphatic hydroxyl groups excluding tert-OH is 1. The third-order valence-electron chi connectivity index (χ3n) is 1.79. The van der Waals surface area contributed by atoms with Gasteiger partial charge in [0.1, 0.15) is 5.82 Å². The van der Waals surface area contributed by atoms with Crippen LogP contribution < -0.4 is 0 Å². The molecule has 0 spiro atoms. The Bertz CT molecular complexity index is 343. The van der Waals surface area contributed by atoms with E-state index in [4.69, 9.17) is 10.4 Å². The second-order valence-electron chi connectivity index (χ2n) is 2.72. The molecule has 1 atom stereocenters. The Kier molecular flexibility index (Phi) is 2.99. The molecule has 1 unspecified atom stereocenters. The van der Waals surface area contributed by atoms with Crippen molar-refractivity contribution in [2.75, 3.05) is 6.61 Å². The van der Waals surface area contributed by atoms with E-state index in [1.54, 1.807) is 0 Å². The lowest BCUT2D eigenvalue weighted by Crippen LogP contribution is -2.02. The van der Waals surface area contributed by atoms with Crippen LogP contribution in [-0.4, -0.2) is 11.7 Å². The first-order valence-corrected chi connectivity index (χ1v) is 3.82. The minimum atomic E-state index is -0.453. The van der Waals surface area contributed by atoms with Crippen LogP contribution in [0.25, 0.3) is 0 Å². The molecule has 1 radical (unpaired) electrons. The number of nitriles is 1. The smallest absolute Gasteiger partial charge is 0.123 e. The van der Waals surface area contributed by atoms with E-state index in [2.05, 4.69) is 6.92 Å². The maximum absolute atomic E-state index is 12.8. The zero-order valence-corrected chi connectivity index (χ0v) is 7.00. The largest absolute Gasteiger partial charge is 0.396 e. The molecule has 0 aromatic heterocycles. The summed E-state index contributed by atoms with van der Waals surface area (Å²) in [5.41, 5.74) is 0.806. The van der Waals surface area contributed by atoms with Gasteiger partial charge in [-0.3, -0.25) is 0 Å². The molecular weight excluding hydrogens is 169 g/mol. The first-order valence-electron chi connectivity index (χ1n) is 3.82. The number of hydrogen-bond donors (Lipinski definition) is 1. The van der Waals surface area contributed by atoms with E-state index >= 15 is 0 Å². The van der Waals surface area contributed by atoms with Crippen molar-refractivity contribution in [1.82, 2.24) is 0 Å². The molecule has 0 aliphatic rings. The molecule has 0 bridgehead atoms. The van der Waals surface area contributed by atoms with Crippen LogP contribution in [0.4, 0.5) is 4.39 Å². The first-order chi connectivity index (χ1) is 6.19. The predicted molar refractivity (Wildman–Crippen MR) is 46.3 cm³/mol. The zero-order valence-electron chi connectivity index (χ0n) is 7.00. The van der Waals surface area contributed by atoms with E-state index < -0.39 is 11.7 Å². The minimum absolute atomic E-state index is 0.196. The number of benzene rings is 1. The van der Waals surface area contributed by atoms with Crippen molar-refractivity contribution in [2.24, 2.45) is 0 Å². The standard InChI is InChI=1S/C10H9FNO/c1-7(6-13)10-4-9(11)3-2-8(10)5-12/h2-4,7,13H,1,6H2. The second kappa shape index (κ2) is 4.01. The van der Waals surface area contributed by atoms with E-state index in [0.29, 0.717) is 11.1 Å². The van der Waals surface area contributed by atoms with Gasteiger partial charge in [0.25, 0.3) is 0 Å². The van der Waals surface area contributed by atoms with Crippen molar-refractivity contribution in [3.63, 3.8) is 0 Å². The van der Waals surface area contributed by atoms with Crippen LogP contribution in [0.2, 0.25) is 0 Å². The van der Waals surface area contributed by atoms with Crippen molar-refractivity contribution in [3.05, 3.63) is 42.1 Å². The summed E-state index contributed by atoms with van der Waals surface area (Å²) in [6.07, 6.45) is 0. The molecule has 3 heteroatoms. The Morgan fingerprint density at radius 3 is 2.85 bits per heavy atom. The van der Waals surface area contributed by atoms with Crippen LogP contribution in [0.5, 0.6) is 0 Å². The van der Waals surface area contributed by atoms with Gasteiger partial charge in [-0.2, -0.15) is 5.26 Å². The van der Waals surface area contributed by atoms with E-state index in [9.17, 15) is 4.39 Å². The molecule has 0 aliphatic carbocycles. The lowest BCUT2D eigenvalue weighted by molar-refractivity contribution is 0.282. The van der Waals surface area contributed by atoms with Gasteiger partial charge in [-0.25, -0.2) is 4.39 Å². The maximum Gasteiger partial charge on any atom is 0.123 e. The van der Waals surface area contributed by atoms with Gasteiger partial charge in [0.15, 0.2) is 0 Å². The monoisotopic (exact) mass is 178 g/mol. The molecule has 0 saturated heterocycles. The van der Waals surface area contributed by atoms with Crippen LogP contribution in [-0.2, 0) is 0 Å². The third-order valence-corrected chi connectivity index (χ3v) is 1.79. The summed E-state index contributed by atoms with van der Waals surface area (Å²) in [6.45, 7) is 3.41. The lowest BCUT2D eigenvalue weighted by Gasteiger charge is -2.09. The van der Waals surface area contributed by atoms with Gasteiger partial charge < -0.3 is 5.11 Å². The highest BCUT2D eigenvalue weighted by Crippen LogP contribution is 2.19. The van der Waals surface area contributed by atoms with E-state index in [1.165, 1.54) is 18.2 Å². The second-order valence-corrected chi connectivity index (χ2v) is 2.72. The van der Waals surface area contributed by atoms with Crippen LogP contribution in [0.15, 0.2) is 18.2 Å². The van der Waals surface area contributed by atoms with Crippen LogP contribution in [0, 0.1) is 24.1 Å². The highest BCUT2D eigenvalue weighted by atomic mass is 19.1. The molecule has 0 amide bonds. The number of hydrogen-bond acceptors (Lipinski definition) is 2. The Morgan fingerprint density at radius 2 is 2.31 bits per heavy atom. The van der Waals surface area contributed by atoms with Gasteiger partial charge in [-0.05, 0) is 30.7 Å². The lowest BCUT2D eigenvalue weighted by atomic mass is 9.97. The van der Waals surface area contributed by atoms with Crippen molar-refractivity contribution in [3.8, 4) is 6.07 Å². The molecule has 0 saturated carbocycles. The predicted octanol–water partition coefficient (Wildman–Crippen LogP) is 1.61. The molecule has 0 heterocycles. The molecular formula is C10H9FNO. The van der Waals surface area contributed by atoms with Gasteiger partial charge in [-0.15, -0.1) is 0 Å². The normalized spacial score (nSPS) is 12.2. The average molecular weight is 178 g/mol. The Balaban J connectivity index is 3.17. The van der Waals surface area contributed by atoms with Crippen LogP contribution in [0.3, 0.4) is 0 Å². The molecule has 1 rings (SSSR count). The fourth-order valence-corrected chi connectivity index (χ4v) is 1.07. The zero-order chi connectivity index (χ0) is 9.84. The third kappa shape index (κ3) is 2.04. The number of nitrogens with zero attached hydrogens (tertiary/aromatic N) is 1. The molecule has 1 aromatic rings. The molecule has 1 N–H and O–H groups in total. The van der Waals surface area contributed by atoms with Gasteiger partial charge in [0.2, 0.25) is 0 Å². The van der Waals surface area contributed by atoms with Crippen LogP contribution in [0.1, 0.15) is 17.0 Å². The molecule has 13 heavy (non-hydrogen) atoms. The number of aliphatic hydroxyl groups is 1. The van der Waals surface area contributed by atoms with Gasteiger partial charge >= 0.3 is 0 Å². The topological polar surface area (TPSA) is 44.0 Å². The number of rotatable bonds is 2. The SMILES string of the molecule is [CH2]C(CO)c1cc(F)ccc1C#N. The summed E-state index contributed by atoms with van der Waals surface area (Å²) in [6, 6.07) is 5.75. The van der Waals surface area contributed by atoms with Crippen LogP contribution >= 0.6 is 0 Å². The van der Waals surface area contributed by atoms with E-state index in [0.717, 1.165) is 0 Å². The highest BCUT2D eigenvalue weighted by molar-refractivity contribution is 5.40. The fourth-order valence-electron chi connectivity index (χ4n) is 1.07. The molecule has 2 nitrogen and oxygen atoms in total. The summed E-state index contributed by atoms with van der Waals surface area (Å²) < 4.78 is 12.8. The Hall–Kier alpha value is -1.40. The first kappa shape index (κ1) is 9.69. The van der Waals surface area contributed by atoms with Crippen molar-refractivity contribution in [2.45, 2.75) is 5.92 Å². The quantitative estimate of drug-likeness (QED) is 0.747. The summed E-state index contributed by atoms with van der Waals surface area (Å²) in [5.74, 6) is -0.874. The van der Waals surface area contributed by atoms with Gasteiger partial charge in [0, 0.05) is 12.5 Å². The summed E-state index contributed by atoms with van der Waals surface area (Å²) >= 11 is 0. The summed E-state index contributed by atoms with van der Waals surface area (Å²) in [5, 5.41) is 17.5. The highest BCUT2D eigenvalue weighted by Gasteiger charge is 2.10. The Labute approximate surface area is 76.2 Å². The molecule has 1 aromatic carbocycles. The minimum Gasteiger partial charge on any atom is -0.396 e. The summed E-state index contributed by atoms with van der Waals surface area (Å²) in [4.78, 5) is 0. The van der Waals surface area contributed by atoms with Crippen molar-refractivity contribution < 1.29 is 9.50 Å². The molecule has 67 valence electrons. The number of halogens is 1. The molecule has 0 aliphatic heterocycles.